The number of nitriles is 1. The molecule has 1 aliphatic heterocycles. The van der Waals surface area contributed by atoms with E-state index in [1.54, 1.807) is 22.8 Å². The van der Waals surface area contributed by atoms with Crippen molar-refractivity contribution in [2.75, 3.05) is 6.61 Å². The molecule has 0 aliphatic carbocycles. The van der Waals surface area contributed by atoms with Gasteiger partial charge in [0.25, 0.3) is 0 Å². The molecule has 2 aromatic carbocycles. The van der Waals surface area contributed by atoms with E-state index in [-0.39, 0.29) is 35.9 Å². The van der Waals surface area contributed by atoms with Crippen LogP contribution in [0.5, 0.6) is 5.75 Å². The Morgan fingerprint density at radius 2 is 2.00 bits per heavy atom. The molecule has 1 unspecified atom stereocenters. The van der Waals surface area contributed by atoms with Crippen molar-refractivity contribution in [3.05, 3.63) is 76.1 Å². The molecule has 4 heterocycles. The Morgan fingerprint density at radius 1 is 1.17 bits per heavy atom. The molecule has 0 bridgehead atoms. The number of halogens is 2. The maximum atomic E-state index is 14.9. The first-order valence-electron chi connectivity index (χ1n) is 11.0. The first-order valence-corrected chi connectivity index (χ1v) is 11.0. The molecule has 3 aromatic heterocycles. The van der Waals surface area contributed by atoms with E-state index in [1.807, 2.05) is 6.92 Å². The fraction of sp³-hybridized carbons (Fsp3) is 0.208. The van der Waals surface area contributed by atoms with Crippen LogP contribution in [0.25, 0.3) is 28.1 Å². The third kappa shape index (κ3) is 3.03. The molecule has 0 amide bonds. The van der Waals surface area contributed by atoms with E-state index < -0.39 is 23.4 Å². The molecule has 0 saturated carbocycles. The van der Waals surface area contributed by atoms with Gasteiger partial charge in [-0.1, -0.05) is 0 Å². The van der Waals surface area contributed by atoms with Gasteiger partial charge in [-0.15, -0.1) is 0 Å². The van der Waals surface area contributed by atoms with Gasteiger partial charge in [-0.2, -0.15) is 10.2 Å². The zero-order valence-electron chi connectivity index (χ0n) is 18.4. The minimum atomic E-state index is -0.815. The number of aromatic nitrogens is 6. The van der Waals surface area contributed by atoms with Crippen molar-refractivity contribution < 1.29 is 13.5 Å². The highest BCUT2D eigenvalue weighted by atomic mass is 19.1. The smallest absolute Gasteiger partial charge is 0.330 e. The average molecular weight is 473 g/mol. The highest BCUT2D eigenvalue weighted by Gasteiger charge is 2.33. The number of hydrogen-bond acceptors (Lipinski definition) is 6. The van der Waals surface area contributed by atoms with Crippen LogP contribution in [0.1, 0.15) is 30.5 Å². The van der Waals surface area contributed by atoms with Gasteiger partial charge in [-0.3, -0.25) is 13.7 Å². The predicted molar refractivity (Wildman–Crippen MR) is 121 cm³/mol. The van der Waals surface area contributed by atoms with Gasteiger partial charge in [0.05, 0.1) is 47.1 Å². The molecular formula is C24H17F2N7O2. The molecule has 9 nitrogen and oxygen atoms in total. The van der Waals surface area contributed by atoms with Crippen molar-refractivity contribution in [1.82, 2.24) is 28.7 Å². The van der Waals surface area contributed by atoms with E-state index in [0.29, 0.717) is 28.7 Å². The van der Waals surface area contributed by atoms with Crippen LogP contribution in [0.3, 0.4) is 0 Å². The summed E-state index contributed by atoms with van der Waals surface area (Å²) in [6, 6.07) is 8.39. The van der Waals surface area contributed by atoms with E-state index in [4.69, 9.17) is 4.74 Å². The minimum Gasteiger partial charge on any atom is -0.490 e. The van der Waals surface area contributed by atoms with Crippen LogP contribution >= 0.6 is 0 Å². The molecule has 0 fully saturated rings. The second kappa shape index (κ2) is 7.73. The number of nitrogens with zero attached hydrogens (tertiary/aromatic N) is 7. The van der Waals surface area contributed by atoms with Gasteiger partial charge in [0.2, 0.25) is 5.95 Å². The van der Waals surface area contributed by atoms with Crippen LogP contribution in [0.15, 0.2) is 47.7 Å². The molecule has 0 spiro atoms. The predicted octanol–water partition coefficient (Wildman–Crippen LogP) is 3.47. The lowest BCUT2D eigenvalue weighted by Crippen LogP contribution is -2.31. The molecule has 0 saturated heterocycles. The van der Waals surface area contributed by atoms with Gasteiger partial charge in [-0.05, 0) is 37.3 Å². The Morgan fingerprint density at radius 3 is 2.80 bits per heavy atom. The van der Waals surface area contributed by atoms with Crippen molar-refractivity contribution in [2.24, 2.45) is 0 Å². The zero-order chi connectivity index (χ0) is 24.3. The molecule has 0 radical (unpaired) electrons. The summed E-state index contributed by atoms with van der Waals surface area (Å²) >= 11 is 0. The Bertz CT molecular complexity index is 1750. The summed E-state index contributed by atoms with van der Waals surface area (Å²) in [5.74, 6) is -1.31. The summed E-state index contributed by atoms with van der Waals surface area (Å²) in [4.78, 5) is 26.9. The molecule has 35 heavy (non-hydrogen) atoms. The summed E-state index contributed by atoms with van der Waals surface area (Å²) in [7, 11) is 0. The summed E-state index contributed by atoms with van der Waals surface area (Å²) in [5, 5.41) is 9.28. The van der Waals surface area contributed by atoms with Crippen molar-refractivity contribution in [1.29, 1.82) is 5.26 Å². The second-order valence-corrected chi connectivity index (χ2v) is 8.13. The number of fused-ring (bicyclic) bond motifs is 3. The lowest BCUT2D eigenvalue weighted by atomic mass is 9.99. The highest BCUT2D eigenvalue weighted by molar-refractivity contribution is 5.79. The summed E-state index contributed by atoms with van der Waals surface area (Å²) in [6.45, 7) is 2.26. The van der Waals surface area contributed by atoms with Crippen LogP contribution in [0.4, 0.5) is 8.78 Å². The van der Waals surface area contributed by atoms with Crippen molar-refractivity contribution in [2.45, 2.75) is 25.9 Å². The number of benzene rings is 2. The topological polar surface area (TPSA) is 104 Å². The van der Waals surface area contributed by atoms with Gasteiger partial charge in [-0.25, -0.2) is 23.5 Å². The fourth-order valence-corrected chi connectivity index (χ4v) is 4.67. The second-order valence-electron chi connectivity index (χ2n) is 8.13. The van der Waals surface area contributed by atoms with Crippen LogP contribution in [0, 0.1) is 23.0 Å². The van der Waals surface area contributed by atoms with Crippen LogP contribution in [0.2, 0.25) is 0 Å². The van der Waals surface area contributed by atoms with Crippen LogP contribution < -0.4 is 10.4 Å². The molecule has 0 N–H and O–H groups in total. The maximum absolute atomic E-state index is 14.9. The Hall–Kier alpha value is -4.59. The Kier molecular flexibility index (Phi) is 4.63. The van der Waals surface area contributed by atoms with Gasteiger partial charge >= 0.3 is 5.69 Å². The lowest BCUT2D eigenvalue weighted by molar-refractivity contribution is 0.238. The minimum absolute atomic E-state index is 0.0135. The monoisotopic (exact) mass is 473 g/mol. The molecule has 174 valence electrons. The first-order chi connectivity index (χ1) is 17.0. The fourth-order valence-electron chi connectivity index (χ4n) is 4.67. The molecule has 11 heteroatoms. The summed E-state index contributed by atoms with van der Waals surface area (Å²) in [6.07, 6.45) is 3.32. The normalized spacial score (nSPS) is 15.2. The van der Waals surface area contributed by atoms with E-state index in [9.17, 15) is 18.8 Å². The number of hydrogen-bond donors (Lipinski definition) is 0. The quantitative estimate of drug-likeness (QED) is 0.398. The number of aryl methyl sites for hydroxylation is 1. The summed E-state index contributed by atoms with van der Waals surface area (Å²) in [5.41, 5.74) is 2.04. The highest BCUT2D eigenvalue weighted by Crippen LogP contribution is 2.39. The number of rotatable bonds is 3. The van der Waals surface area contributed by atoms with Crippen LogP contribution in [-0.2, 0) is 6.54 Å². The molecule has 5 aromatic rings. The van der Waals surface area contributed by atoms with Crippen molar-refractivity contribution in [3.63, 3.8) is 0 Å². The van der Waals surface area contributed by atoms with E-state index in [2.05, 4.69) is 21.0 Å². The molecule has 1 atom stereocenters. The van der Waals surface area contributed by atoms with E-state index in [0.717, 1.165) is 12.1 Å². The standard InChI is InChI=1S/C24H17F2N7O2/c1-2-31-19-11-28-23(32-12-29-16-6-3-13(10-27)9-18(16)32)30-22(19)33(24(31)34)17-7-8-35-21-15(26)5-4-14(25)20(17)21/h3-6,9,11-12,17H,2,7-8H2,1H3. The third-order valence-corrected chi connectivity index (χ3v) is 6.28. The largest absolute Gasteiger partial charge is 0.490 e. The van der Waals surface area contributed by atoms with Gasteiger partial charge in [0.1, 0.15) is 17.7 Å². The molecule has 1 aliphatic rings. The number of ether oxygens (including phenoxy) is 1. The van der Waals surface area contributed by atoms with Crippen molar-refractivity contribution >= 4 is 22.2 Å². The lowest BCUT2D eigenvalue weighted by Gasteiger charge is -2.27. The molecular weight excluding hydrogens is 456 g/mol. The third-order valence-electron chi connectivity index (χ3n) is 6.28. The van der Waals surface area contributed by atoms with E-state index >= 15 is 0 Å². The average Bonchev–Trinajstić information content (AvgIpc) is 3.42. The van der Waals surface area contributed by atoms with Gasteiger partial charge in [0, 0.05) is 13.0 Å². The zero-order valence-corrected chi connectivity index (χ0v) is 18.4. The molecule has 6 rings (SSSR count). The van der Waals surface area contributed by atoms with Crippen LogP contribution in [-0.4, -0.2) is 35.3 Å². The Labute approximate surface area is 196 Å². The SMILES string of the molecule is CCn1c(=O)n(C2CCOc3c(F)ccc(F)c32)c2nc(-n3cnc4ccc(C#N)cc43)ncc21. The van der Waals surface area contributed by atoms with Gasteiger partial charge in [0.15, 0.2) is 17.2 Å². The van der Waals surface area contributed by atoms with Gasteiger partial charge < -0.3 is 4.74 Å². The maximum Gasteiger partial charge on any atom is 0.330 e. The van der Waals surface area contributed by atoms with Crippen molar-refractivity contribution in [3.8, 4) is 17.8 Å². The first kappa shape index (κ1) is 21.0. The Balaban J connectivity index is 1.62. The number of imidazole rings is 2. The van der Waals surface area contributed by atoms with E-state index in [1.165, 1.54) is 21.7 Å². The summed E-state index contributed by atoms with van der Waals surface area (Å²) < 4.78 is 39.3.